The SMILES string of the molecule is CCCC(=O)n1c(-c2ccc(-c3ccc(-c4cnc([C@@H]5CCCN5C(=O)[C@@H](NC(=O)OC)C(C)C)n4C(=O)CCC)cc3)cc2)cnc1[C@@H]1CCCN1C(=O)[C@@H](NC(=O)OC)C(C)C. The van der Waals surface area contributed by atoms with Crippen molar-refractivity contribution in [3.8, 4) is 33.6 Å². The number of likely N-dealkylation sites (tertiary alicyclic amines) is 2. The Kier molecular flexibility index (Phi) is 15.4. The van der Waals surface area contributed by atoms with E-state index in [0.717, 1.165) is 35.1 Å². The van der Waals surface area contributed by atoms with E-state index in [4.69, 9.17) is 19.4 Å². The lowest BCUT2D eigenvalue weighted by molar-refractivity contribution is -0.136. The van der Waals surface area contributed by atoms with Crippen LogP contribution in [0.5, 0.6) is 0 Å². The molecule has 16 heteroatoms. The highest BCUT2D eigenvalue weighted by molar-refractivity contribution is 5.89. The average molecular weight is 879 g/mol. The number of methoxy groups -OCH3 is 2. The first-order chi connectivity index (χ1) is 30.7. The number of rotatable bonds is 15. The monoisotopic (exact) mass is 878 g/mol. The first-order valence-electron chi connectivity index (χ1n) is 22.5. The summed E-state index contributed by atoms with van der Waals surface area (Å²) in [5.41, 5.74) is 4.71. The number of nitrogens with one attached hydrogen (secondary N) is 2. The molecule has 0 saturated carbocycles. The van der Waals surface area contributed by atoms with Crippen LogP contribution >= 0.6 is 0 Å². The van der Waals surface area contributed by atoms with Crippen LogP contribution < -0.4 is 10.6 Å². The Morgan fingerprint density at radius 3 is 1.25 bits per heavy atom. The molecule has 2 N–H and O–H groups in total. The third-order valence-electron chi connectivity index (χ3n) is 12.2. The molecule has 2 aliphatic rings. The van der Waals surface area contributed by atoms with E-state index in [9.17, 15) is 28.8 Å². The Morgan fingerprint density at radius 1 is 0.594 bits per heavy atom. The molecule has 0 bridgehead atoms. The number of ether oxygens (including phenoxy) is 2. The summed E-state index contributed by atoms with van der Waals surface area (Å²) in [7, 11) is 2.52. The lowest BCUT2D eigenvalue weighted by atomic mass is 10.0. The molecule has 0 radical (unpaired) electrons. The second-order valence-corrected chi connectivity index (χ2v) is 17.2. The topological polar surface area (TPSA) is 187 Å². The van der Waals surface area contributed by atoms with Crippen molar-refractivity contribution >= 4 is 35.8 Å². The first-order valence-corrected chi connectivity index (χ1v) is 22.5. The molecular weight excluding hydrogens is 817 g/mol. The van der Waals surface area contributed by atoms with Gasteiger partial charge in [0.05, 0.1) is 50.1 Å². The molecule has 4 atom stereocenters. The van der Waals surface area contributed by atoms with Crippen LogP contribution in [0, 0.1) is 11.8 Å². The van der Waals surface area contributed by atoms with E-state index in [1.165, 1.54) is 14.2 Å². The molecule has 2 aliphatic heterocycles. The minimum Gasteiger partial charge on any atom is -0.453 e. The summed E-state index contributed by atoms with van der Waals surface area (Å²) >= 11 is 0. The van der Waals surface area contributed by atoms with E-state index in [0.29, 0.717) is 74.7 Å². The van der Waals surface area contributed by atoms with Gasteiger partial charge in [-0.2, -0.15) is 0 Å². The molecule has 2 aromatic carbocycles. The van der Waals surface area contributed by atoms with E-state index in [1.807, 2.05) is 90.1 Å². The third-order valence-corrected chi connectivity index (χ3v) is 12.2. The van der Waals surface area contributed by atoms with Crippen LogP contribution in [0.2, 0.25) is 0 Å². The number of benzene rings is 2. The summed E-state index contributed by atoms with van der Waals surface area (Å²) < 4.78 is 12.9. The van der Waals surface area contributed by atoms with Crippen molar-refractivity contribution in [3.05, 3.63) is 72.6 Å². The lowest BCUT2D eigenvalue weighted by Crippen LogP contribution is -2.51. The molecule has 0 spiro atoms. The van der Waals surface area contributed by atoms with E-state index < -0.39 is 36.4 Å². The summed E-state index contributed by atoms with van der Waals surface area (Å²) in [5.74, 6) is -0.0923. The highest BCUT2D eigenvalue weighted by Crippen LogP contribution is 2.38. The number of hydrogen-bond acceptors (Lipinski definition) is 10. The summed E-state index contributed by atoms with van der Waals surface area (Å²) in [6.45, 7) is 12.3. The van der Waals surface area contributed by atoms with Gasteiger partial charge in [-0.15, -0.1) is 0 Å². The fourth-order valence-corrected chi connectivity index (χ4v) is 8.81. The van der Waals surface area contributed by atoms with Crippen molar-refractivity contribution in [3.63, 3.8) is 0 Å². The Hall–Kier alpha value is -6.32. The van der Waals surface area contributed by atoms with Gasteiger partial charge in [0.1, 0.15) is 23.7 Å². The van der Waals surface area contributed by atoms with Crippen LogP contribution in [-0.4, -0.2) is 104 Å². The maximum atomic E-state index is 13.9. The van der Waals surface area contributed by atoms with Crippen molar-refractivity contribution in [2.45, 2.75) is 117 Å². The number of nitrogens with zero attached hydrogens (tertiary/aromatic N) is 6. The smallest absolute Gasteiger partial charge is 0.407 e. The van der Waals surface area contributed by atoms with Crippen molar-refractivity contribution in [1.29, 1.82) is 0 Å². The molecule has 2 saturated heterocycles. The summed E-state index contributed by atoms with van der Waals surface area (Å²) in [4.78, 5) is 92.7. The van der Waals surface area contributed by atoms with Gasteiger partial charge in [0.25, 0.3) is 0 Å². The van der Waals surface area contributed by atoms with Crippen LogP contribution in [0.1, 0.15) is 126 Å². The summed E-state index contributed by atoms with van der Waals surface area (Å²) in [6, 6.07) is 13.3. The fraction of sp³-hybridized carbons (Fsp3) is 0.500. The first kappa shape index (κ1) is 47.2. The zero-order chi connectivity index (χ0) is 46.2. The Balaban J connectivity index is 1.26. The van der Waals surface area contributed by atoms with Gasteiger partial charge in [-0.25, -0.2) is 19.6 Å². The number of imidazole rings is 2. The van der Waals surface area contributed by atoms with Gasteiger partial charge in [-0.05, 0) is 61.5 Å². The fourth-order valence-electron chi connectivity index (χ4n) is 8.81. The van der Waals surface area contributed by atoms with Crippen LogP contribution in [0.4, 0.5) is 9.59 Å². The third kappa shape index (κ3) is 9.90. The average Bonchev–Trinajstić information content (AvgIpc) is 4.13. The van der Waals surface area contributed by atoms with Crippen molar-refractivity contribution in [2.75, 3.05) is 27.3 Å². The largest absolute Gasteiger partial charge is 0.453 e. The van der Waals surface area contributed by atoms with Crippen LogP contribution in [0.25, 0.3) is 33.6 Å². The molecule has 0 unspecified atom stereocenters. The Labute approximate surface area is 375 Å². The van der Waals surface area contributed by atoms with E-state index in [-0.39, 0.29) is 35.5 Å². The van der Waals surface area contributed by atoms with Gasteiger partial charge in [0.2, 0.25) is 23.6 Å². The highest BCUT2D eigenvalue weighted by atomic mass is 16.5. The van der Waals surface area contributed by atoms with Gasteiger partial charge in [0, 0.05) is 37.1 Å². The van der Waals surface area contributed by atoms with Crippen LogP contribution in [-0.2, 0) is 19.1 Å². The molecule has 4 amide bonds. The molecule has 4 aromatic rings. The number of alkyl carbamates (subject to hydrolysis) is 2. The highest BCUT2D eigenvalue weighted by Gasteiger charge is 2.41. The number of amides is 4. The van der Waals surface area contributed by atoms with Crippen molar-refractivity contribution < 1.29 is 38.2 Å². The normalized spacial score (nSPS) is 17.1. The van der Waals surface area contributed by atoms with E-state index in [1.54, 1.807) is 31.3 Å². The van der Waals surface area contributed by atoms with Gasteiger partial charge >= 0.3 is 12.2 Å². The number of hydrogen-bond donors (Lipinski definition) is 2. The second-order valence-electron chi connectivity index (χ2n) is 17.2. The summed E-state index contributed by atoms with van der Waals surface area (Å²) in [6.07, 6.45) is 6.62. The molecule has 6 rings (SSSR count). The van der Waals surface area contributed by atoms with Gasteiger partial charge < -0.3 is 29.9 Å². The number of carbonyl (C=O) groups is 6. The maximum Gasteiger partial charge on any atom is 0.407 e. The molecular formula is C48H62N8O8. The molecule has 4 heterocycles. The molecule has 2 aromatic heterocycles. The predicted molar refractivity (Wildman–Crippen MR) is 241 cm³/mol. The molecule has 64 heavy (non-hydrogen) atoms. The van der Waals surface area contributed by atoms with Crippen molar-refractivity contribution in [2.24, 2.45) is 11.8 Å². The van der Waals surface area contributed by atoms with Crippen LogP contribution in [0.15, 0.2) is 60.9 Å². The number of carbonyl (C=O) groups excluding carboxylic acids is 6. The number of aromatic nitrogens is 4. The lowest BCUT2D eigenvalue weighted by Gasteiger charge is -2.30. The predicted octanol–water partition coefficient (Wildman–Crippen LogP) is 8.05. The molecule has 2 fully saturated rings. The summed E-state index contributed by atoms with van der Waals surface area (Å²) in [5, 5.41) is 5.37. The standard InChI is InChI=1S/C48H62N8O8/c1-9-13-39(57)55-37(27-49-43(55)35-15-11-25-53(35)45(59)41(29(3)4)51-47(61)63-7)33-21-17-31(18-22-33)32-19-23-34(24-20-32)38-28-50-44(56(38)40(58)14-10-2)36-16-12-26-54(36)46(60)42(30(5)6)52-48(62)64-8/h17-24,27-30,35-36,41-42H,9-16,25-26H2,1-8H3,(H,51,61)(H,52,62)/t35-,36-,41-,42-/m0/s1. The maximum absolute atomic E-state index is 13.9. The zero-order valence-corrected chi connectivity index (χ0v) is 38.3. The van der Waals surface area contributed by atoms with Gasteiger partial charge in [-0.1, -0.05) is 90.1 Å². The van der Waals surface area contributed by atoms with Gasteiger partial charge in [-0.3, -0.25) is 28.3 Å². The quantitative estimate of drug-likeness (QED) is 0.118. The Bertz CT molecular complexity index is 2150. The van der Waals surface area contributed by atoms with Crippen LogP contribution in [0.3, 0.4) is 0 Å². The minimum atomic E-state index is -0.797. The van der Waals surface area contributed by atoms with Crippen molar-refractivity contribution in [1.82, 2.24) is 39.5 Å². The van der Waals surface area contributed by atoms with Gasteiger partial charge in [0.15, 0.2) is 0 Å². The van der Waals surface area contributed by atoms with E-state index >= 15 is 0 Å². The Morgan fingerprint density at radius 2 is 0.938 bits per heavy atom. The zero-order valence-electron chi connectivity index (χ0n) is 38.3. The molecule has 0 aliphatic carbocycles. The van der Waals surface area contributed by atoms with E-state index in [2.05, 4.69) is 10.6 Å². The molecule has 342 valence electrons. The minimum absolute atomic E-state index is 0.112. The second kappa shape index (κ2) is 20.9. The molecule has 16 nitrogen and oxygen atoms in total.